The molecule has 3 aromatic heterocycles. The Bertz CT molecular complexity index is 1150. The number of thiazole rings is 1. The molecule has 4 aromatic rings. The number of rotatable bonds is 7. The molecule has 0 amide bonds. The molecular weight excluding hydrogens is 428 g/mol. The highest BCUT2D eigenvalue weighted by Crippen LogP contribution is 2.35. The Morgan fingerprint density at radius 2 is 1.93 bits per heavy atom. The molecule has 0 spiro atoms. The minimum atomic E-state index is 0.292. The fraction of sp³-hybridized carbons (Fsp3) is 0.348. The van der Waals surface area contributed by atoms with Gasteiger partial charge in [0.05, 0.1) is 5.69 Å². The molecule has 7 heteroatoms. The molecule has 0 fully saturated rings. The Balaban J connectivity index is 1.57. The van der Waals surface area contributed by atoms with Crippen molar-refractivity contribution >= 4 is 34.4 Å². The summed E-state index contributed by atoms with van der Waals surface area (Å²) in [4.78, 5) is 6.22. The smallest absolute Gasteiger partial charge is 0.192 e. The van der Waals surface area contributed by atoms with Gasteiger partial charge in [0, 0.05) is 38.6 Å². The molecule has 30 heavy (non-hydrogen) atoms. The normalized spacial score (nSPS) is 11.5. The third-order valence-electron chi connectivity index (χ3n) is 5.04. The van der Waals surface area contributed by atoms with E-state index in [0.29, 0.717) is 6.04 Å². The van der Waals surface area contributed by atoms with Crippen molar-refractivity contribution in [1.29, 1.82) is 0 Å². The summed E-state index contributed by atoms with van der Waals surface area (Å²) in [5.41, 5.74) is 6.13. The van der Waals surface area contributed by atoms with E-state index < -0.39 is 0 Å². The van der Waals surface area contributed by atoms with Crippen molar-refractivity contribution in [3.05, 3.63) is 56.7 Å². The fourth-order valence-corrected chi connectivity index (χ4v) is 6.37. The van der Waals surface area contributed by atoms with Crippen LogP contribution < -0.4 is 0 Å². The summed E-state index contributed by atoms with van der Waals surface area (Å²) in [5, 5.41) is 15.5. The molecule has 0 saturated carbocycles. The van der Waals surface area contributed by atoms with Gasteiger partial charge < -0.3 is 0 Å². The van der Waals surface area contributed by atoms with Crippen LogP contribution in [0.15, 0.2) is 40.2 Å². The van der Waals surface area contributed by atoms with E-state index in [2.05, 4.69) is 84.4 Å². The molecule has 0 unspecified atom stereocenters. The second kappa shape index (κ2) is 9.04. The lowest BCUT2D eigenvalue weighted by molar-refractivity contribution is 0.555. The lowest BCUT2D eigenvalue weighted by atomic mass is 10.1. The van der Waals surface area contributed by atoms with Gasteiger partial charge in [0.25, 0.3) is 0 Å². The Morgan fingerprint density at radius 3 is 2.67 bits per heavy atom. The van der Waals surface area contributed by atoms with Gasteiger partial charge in [0.1, 0.15) is 5.01 Å². The minimum Gasteiger partial charge on any atom is -0.299 e. The zero-order valence-corrected chi connectivity index (χ0v) is 20.4. The Hall–Kier alpha value is -1.96. The van der Waals surface area contributed by atoms with Gasteiger partial charge >= 0.3 is 0 Å². The summed E-state index contributed by atoms with van der Waals surface area (Å²) in [7, 11) is 0. The Kier molecular flexibility index (Phi) is 6.41. The van der Waals surface area contributed by atoms with Crippen molar-refractivity contribution < 1.29 is 0 Å². The first kappa shape index (κ1) is 21.3. The first-order valence-corrected chi connectivity index (χ1v) is 12.9. The highest BCUT2D eigenvalue weighted by molar-refractivity contribution is 7.98. The number of thioether (sulfide) groups is 1. The molecule has 0 aliphatic carbocycles. The third-order valence-corrected chi connectivity index (χ3v) is 7.92. The average molecular weight is 455 g/mol. The molecule has 0 aliphatic rings. The van der Waals surface area contributed by atoms with Crippen molar-refractivity contribution in [2.45, 2.75) is 58.0 Å². The van der Waals surface area contributed by atoms with Crippen molar-refractivity contribution in [2.75, 3.05) is 0 Å². The maximum absolute atomic E-state index is 4.85. The summed E-state index contributed by atoms with van der Waals surface area (Å²) in [6, 6.07) is 8.80. The summed E-state index contributed by atoms with van der Waals surface area (Å²) < 4.78 is 2.26. The van der Waals surface area contributed by atoms with E-state index in [1.54, 1.807) is 34.4 Å². The maximum Gasteiger partial charge on any atom is 0.192 e. The van der Waals surface area contributed by atoms with Crippen LogP contribution in [0.4, 0.5) is 0 Å². The largest absolute Gasteiger partial charge is 0.299 e. The number of thiophene rings is 1. The fourth-order valence-electron chi connectivity index (χ4n) is 3.55. The van der Waals surface area contributed by atoms with Crippen molar-refractivity contribution in [1.82, 2.24) is 19.7 Å². The van der Waals surface area contributed by atoms with Crippen LogP contribution in [0.1, 0.15) is 48.5 Å². The predicted molar refractivity (Wildman–Crippen MR) is 130 cm³/mol. The van der Waals surface area contributed by atoms with Crippen LogP contribution >= 0.6 is 34.4 Å². The molecule has 0 aliphatic heterocycles. The molecule has 0 N–H and O–H groups in total. The summed E-state index contributed by atoms with van der Waals surface area (Å²) in [6.07, 6.45) is 1.01. The topological polar surface area (TPSA) is 43.6 Å². The van der Waals surface area contributed by atoms with Crippen molar-refractivity contribution in [3.8, 4) is 22.0 Å². The van der Waals surface area contributed by atoms with Crippen LogP contribution in [0.2, 0.25) is 0 Å². The zero-order chi connectivity index (χ0) is 21.3. The summed E-state index contributed by atoms with van der Waals surface area (Å²) in [6.45, 7) is 10.9. The zero-order valence-electron chi connectivity index (χ0n) is 18.0. The third kappa shape index (κ3) is 4.24. The van der Waals surface area contributed by atoms with Crippen LogP contribution in [0.5, 0.6) is 0 Å². The highest BCUT2D eigenvalue weighted by atomic mass is 32.2. The second-order valence-electron chi connectivity index (χ2n) is 7.61. The van der Waals surface area contributed by atoms with E-state index >= 15 is 0 Å². The number of hydrogen-bond donors (Lipinski definition) is 0. The van der Waals surface area contributed by atoms with E-state index in [0.717, 1.165) is 33.9 Å². The van der Waals surface area contributed by atoms with Crippen LogP contribution in [-0.4, -0.2) is 19.7 Å². The number of aromatic nitrogens is 4. The SMILES string of the molecule is CCc1c(-c2nnc(SCc3csc(-c4cccc(C)c4)n3)n2C(C)C)csc1C. The molecule has 0 bridgehead atoms. The van der Waals surface area contributed by atoms with Crippen LogP contribution in [-0.2, 0) is 12.2 Å². The van der Waals surface area contributed by atoms with Gasteiger partial charge in [-0.25, -0.2) is 4.98 Å². The van der Waals surface area contributed by atoms with Gasteiger partial charge in [0.15, 0.2) is 11.0 Å². The summed E-state index contributed by atoms with van der Waals surface area (Å²) in [5.74, 6) is 1.77. The van der Waals surface area contributed by atoms with Gasteiger partial charge in [-0.15, -0.1) is 32.9 Å². The molecule has 0 atom stereocenters. The van der Waals surface area contributed by atoms with Gasteiger partial charge in [-0.1, -0.05) is 42.4 Å². The van der Waals surface area contributed by atoms with Crippen molar-refractivity contribution in [3.63, 3.8) is 0 Å². The Morgan fingerprint density at radius 1 is 1.10 bits per heavy atom. The van der Waals surface area contributed by atoms with Crippen LogP contribution in [0.25, 0.3) is 22.0 Å². The van der Waals surface area contributed by atoms with Crippen molar-refractivity contribution in [2.24, 2.45) is 0 Å². The first-order chi connectivity index (χ1) is 14.5. The molecule has 156 valence electrons. The molecule has 0 radical (unpaired) electrons. The highest BCUT2D eigenvalue weighted by Gasteiger charge is 2.21. The number of benzene rings is 1. The standard InChI is InChI=1S/C23H26N4S3/c1-6-19-16(5)28-13-20(19)21-25-26-23(27(21)14(2)3)30-12-18-11-29-22(24-18)17-9-7-8-15(4)10-17/h7-11,13-14H,6,12H2,1-5H3. The summed E-state index contributed by atoms with van der Waals surface area (Å²) >= 11 is 5.21. The van der Waals surface area contributed by atoms with Crippen LogP contribution in [0, 0.1) is 13.8 Å². The Labute approximate surface area is 190 Å². The van der Waals surface area contributed by atoms with Gasteiger partial charge in [-0.2, -0.15) is 0 Å². The van der Waals surface area contributed by atoms with Gasteiger partial charge in [0.2, 0.25) is 0 Å². The number of aryl methyl sites for hydroxylation is 2. The average Bonchev–Trinajstić information content (AvgIpc) is 3.44. The molecule has 4 rings (SSSR count). The lowest BCUT2D eigenvalue weighted by Crippen LogP contribution is -2.05. The molecule has 4 nitrogen and oxygen atoms in total. The second-order valence-corrected chi connectivity index (χ2v) is 10.5. The monoisotopic (exact) mass is 454 g/mol. The van der Waals surface area contributed by atoms with E-state index in [1.165, 1.54) is 27.1 Å². The molecule has 0 saturated heterocycles. The van der Waals surface area contributed by atoms with E-state index in [1.807, 2.05) is 0 Å². The molecular formula is C23H26N4S3. The predicted octanol–water partition coefficient (Wildman–Crippen LogP) is 7.18. The lowest BCUT2D eigenvalue weighted by Gasteiger charge is -2.14. The van der Waals surface area contributed by atoms with Gasteiger partial charge in [-0.05, 0) is 45.7 Å². The van der Waals surface area contributed by atoms with E-state index in [-0.39, 0.29) is 0 Å². The van der Waals surface area contributed by atoms with Crippen LogP contribution in [0.3, 0.4) is 0 Å². The number of nitrogens with zero attached hydrogens (tertiary/aromatic N) is 4. The minimum absolute atomic E-state index is 0.292. The molecule has 3 heterocycles. The van der Waals surface area contributed by atoms with Gasteiger partial charge in [-0.3, -0.25) is 4.57 Å². The maximum atomic E-state index is 4.85. The van der Waals surface area contributed by atoms with E-state index in [4.69, 9.17) is 4.98 Å². The number of hydrogen-bond acceptors (Lipinski definition) is 6. The first-order valence-electron chi connectivity index (χ1n) is 10.1. The quantitative estimate of drug-likeness (QED) is 0.277. The molecule has 1 aromatic carbocycles. The van der Waals surface area contributed by atoms with E-state index in [9.17, 15) is 0 Å².